The van der Waals surface area contributed by atoms with E-state index in [-0.39, 0.29) is 17.9 Å². The van der Waals surface area contributed by atoms with Gasteiger partial charge in [-0.05, 0) is 78.2 Å². The normalized spacial score (nSPS) is 15.0. The van der Waals surface area contributed by atoms with Gasteiger partial charge in [0.15, 0.2) is 6.61 Å². The molecule has 0 aliphatic carbocycles. The molecule has 0 fully saturated rings. The molecule has 1 aliphatic heterocycles. The molecule has 7 nitrogen and oxygen atoms in total. The van der Waals surface area contributed by atoms with Gasteiger partial charge in [-0.25, -0.2) is 12.8 Å². The number of rotatable bonds is 9. The molecular formula is C31H26ClFN2O5S2. The van der Waals surface area contributed by atoms with Crippen LogP contribution in [0.15, 0.2) is 112 Å². The molecule has 1 N–H and O–H groups in total. The van der Waals surface area contributed by atoms with Crippen molar-refractivity contribution in [1.29, 1.82) is 0 Å². The number of fused-ring (bicyclic) bond motifs is 1. The molecule has 5 rings (SSSR count). The number of nitrogens with zero attached hydrogens (tertiary/aromatic N) is 1. The van der Waals surface area contributed by atoms with Crippen LogP contribution in [0, 0.1) is 5.82 Å². The maximum Gasteiger partial charge on any atom is 0.308 e. The Bertz CT molecular complexity index is 1700. The van der Waals surface area contributed by atoms with Crippen LogP contribution in [0.5, 0.6) is 0 Å². The highest BCUT2D eigenvalue weighted by molar-refractivity contribution is 7.99. The summed E-state index contributed by atoms with van der Waals surface area (Å²) in [7, 11) is -4.05. The van der Waals surface area contributed by atoms with Crippen LogP contribution in [0.2, 0.25) is 5.02 Å². The van der Waals surface area contributed by atoms with E-state index in [1.807, 2.05) is 36.4 Å². The molecule has 1 atom stereocenters. The number of nitrogens with one attached hydrogen (secondary N) is 1. The first kappa shape index (κ1) is 29.8. The summed E-state index contributed by atoms with van der Waals surface area (Å²) in [5.74, 6) is -1.81. The first-order chi connectivity index (χ1) is 20.2. The Morgan fingerprint density at radius 1 is 0.952 bits per heavy atom. The van der Waals surface area contributed by atoms with Gasteiger partial charge in [0.25, 0.3) is 5.91 Å². The molecule has 1 unspecified atom stereocenters. The minimum absolute atomic E-state index is 0.0730. The van der Waals surface area contributed by atoms with Crippen molar-refractivity contribution in [1.82, 2.24) is 4.31 Å². The third-order valence-electron chi connectivity index (χ3n) is 6.71. The lowest BCUT2D eigenvalue weighted by Gasteiger charge is -2.36. The average Bonchev–Trinajstić information content (AvgIpc) is 2.98. The molecule has 0 saturated carbocycles. The number of hydrogen-bond donors (Lipinski definition) is 1. The van der Waals surface area contributed by atoms with Gasteiger partial charge >= 0.3 is 5.97 Å². The lowest BCUT2D eigenvalue weighted by molar-refractivity contribution is -0.148. The third kappa shape index (κ3) is 7.01. The second kappa shape index (κ2) is 13.1. The molecular weight excluding hydrogens is 599 g/mol. The summed E-state index contributed by atoms with van der Waals surface area (Å²) in [4.78, 5) is 27.4. The van der Waals surface area contributed by atoms with Gasteiger partial charge in [-0.3, -0.25) is 9.59 Å². The zero-order valence-electron chi connectivity index (χ0n) is 22.2. The van der Waals surface area contributed by atoms with Crippen LogP contribution in [0.1, 0.15) is 23.6 Å². The van der Waals surface area contributed by atoms with Crippen molar-refractivity contribution < 1.29 is 27.1 Å². The van der Waals surface area contributed by atoms with Gasteiger partial charge in [-0.15, -0.1) is 0 Å². The van der Waals surface area contributed by atoms with E-state index in [1.54, 1.807) is 36.4 Å². The molecule has 4 aromatic carbocycles. The number of hydrogen-bond acceptors (Lipinski definition) is 6. The van der Waals surface area contributed by atoms with Gasteiger partial charge < -0.3 is 10.1 Å². The fourth-order valence-electron chi connectivity index (χ4n) is 4.71. The first-order valence-electron chi connectivity index (χ1n) is 13.0. The van der Waals surface area contributed by atoms with Crippen LogP contribution >= 0.6 is 23.4 Å². The lowest BCUT2D eigenvalue weighted by Crippen LogP contribution is -2.41. The Hall–Kier alpha value is -3.70. The number of sulfonamides is 1. The number of para-hydroxylation sites is 1. The number of benzene rings is 4. The monoisotopic (exact) mass is 624 g/mol. The Morgan fingerprint density at radius 3 is 2.40 bits per heavy atom. The van der Waals surface area contributed by atoms with E-state index in [0.717, 1.165) is 27.5 Å². The van der Waals surface area contributed by atoms with Crippen LogP contribution < -0.4 is 5.32 Å². The molecule has 216 valence electrons. The third-order valence-corrected chi connectivity index (χ3v) is 9.97. The van der Waals surface area contributed by atoms with E-state index >= 15 is 0 Å². The lowest BCUT2D eigenvalue weighted by atomic mass is 9.92. The quantitative estimate of drug-likeness (QED) is 0.214. The zero-order valence-corrected chi connectivity index (χ0v) is 24.6. The Kier molecular flexibility index (Phi) is 9.27. The van der Waals surface area contributed by atoms with E-state index in [0.29, 0.717) is 22.7 Å². The summed E-state index contributed by atoms with van der Waals surface area (Å²) < 4.78 is 47.1. The average molecular weight is 625 g/mol. The molecule has 0 saturated heterocycles. The van der Waals surface area contributed by atoms with Crippen molar-refractivity contribution in [3.05, 3.63) is 119 Å². The Labute approximate surface area is 252 Å². The second-order valence-electron chi connectivity index (χ2n) is 9.50. The predicted octanol–water partition coefficient (Wildman–Crippen LogP) is 6.49. The fourth-order valence-corrected chi connectivity index (χ4v) is 7.34. The Morgan fingerprint density at radius 2 is 1.64 bits per heavy atom. The van der Waals surface area contributed by atoms with Crippen molar-refractivity contribution in [3.63, 3.8) is 0 Å². The summed E-state index contributed by atoms with van der Waals surface area (Å²) in [5, 5.41) is 3.40. The molecule has 0 radical (unpaired) electrons. The van der Waals surface area contributed by atoms with Crippen molar-refractivity contribution in [2.75, 3.05) is 18.5 Å². The standard InChI is InChI=1S/C31H26ClFN2O5S2/c32-22-9-13-24(14-10-22)41-29-8-4-3-7-27(29)34-30(36)20-40-31(37)19-28-26-6-2-1-5-21(26)17-18-35(28)42(38,39)25-15-11-23(33)12-16-25/h1-16,28H,17-20H2,(H,34,36). The van der Waals surface area contributed by atoms with Gasteiger partial charge in [0.1, 0.15) is 5.82 Å². The highest BCUT2D eigenvalue weighted by atomic mass is 35.5. The molecule has 0 aromatic heterocycles. The van der Waals surface area contributed by atoms with E-state index in [9.17, 15) is 22.4 Å². The number of halogens is 2. The number of carbonyl (C=O) groups is 2. The second-order valence-corrected chi connectivity index (χ2v) is 12.9. The maximum absolute atomic E-state index is 13.5. The van der Waals surface area contributed by atoms with E-state index in [2.05, 4.69) is 5.32 Å². The summed E-state index contributed by atoms with van der Waals surface area (Å²) in [5.41, 5.74) is 2.16. The van der Waals surface area contributed by atoms with Crippen LogP contribution in [-0.2, 0) is 30.8 Å². The van der Waals surface area contributed by atoms with Crippen molar-refractivity contribution in [2.45, 2.75) is 33.6 Å². The van der Waals surface area contributed by atoms with Crippen LogP contribution in [0.25, 0.3) is 0 Å². The number of ether oxygens (including phenoxy) is 1. The Balaban J connectivity index is 1.26. The minimum atomic E-state index is -4.05. The molecule has 1 heterocycles. The zero-order chi connectivity index (χ0) is 29.7. The van der Waals surface area contributed by atoms with Gasteiger partial charge in [0.2, 0.25) is 10.0 Å². The van der Waals surface area contributed by atoms with Gasteiger partial charge in [-0.2, -0.15) is 4.31 Å². The van der Waals surface area contributed by atoms with Crippen molar-refractivity contribution in [3.8, 4) is 0 Å². The van der Waals surface area contributed by atoms with E-state index in [1.165, 1.54) is 28.2 Å². The number of carbonyl (C=O) groups excluding carboxylic acids is 2. The highest BCUT2D eigenvalue weighted by Gasteiger charge is 2.38. The largest absolute Gasteiger partial charge is 0.456 e. The summed E-state index contributed by atoms with van der Waals surface area (Å²) >= 11 is 7.42. The summed E-state index contributed by atoms with van der Waals surface area (Å²) in [6.07, 6.45) is 0.158. The van der Waals surface area contributed by atoms with Crippen LogP contribution in [0.3, 0.4) is 0 Å². The number of esters is 1. The van der Waals surface area contributed by atoms with E-state index in [4.69, 9.17) is 16.3 Å². The molecule has 1 aliphatic rings. The fraction of sp³-hybridized carbons (Fsp3) is 0.161. The van der Waals surface area contributed by atoms with Crippen molar-refractivity contribution in [2.24, 2.45) is 0 Å². The smallest absolute Gasteiger partial charge is 0.308 e. The van der Waals surface area contributed by atoms with Gasteiger partial charge in [-0.1, -0.05) is 59.8 Å². The molecule has 4 aromatic rings. The van der Waals surface area contributed by atoms with Crippen molar-refractivity contribution >= 4 is 50.9 Å². The molecule has 0 spiro atoms. The molecule has 42 heavy (non-hydrogen) atoms. The minimum Gasteiger partial charge on any atom is -0.456 e. The number of amides is 1. The van der Waals surface area contributed by atoms with Crippen LogP contribution in [0.4, 0.5) is 10.1 Å². The summed E-state index contributed by atoms with van der Waals surface area (Å²) in [6.45, 7) is -0.408. The SMILES string of the molecule is O=C(COC(=O)CC1c2ccccc2CCN1S(=O)(=O)c1ccc(F)cc1)Nc1ccccc1Sc1ccc(Cl)cc1. The van der Waals surface area contributed by atoms with Crippen LogP contribution in [-0.4, -0.2) is 37.8 Å². The topological polar surface area (TPSA) is 92.8 Å². The number of anilines is 1. The van der Waals surface area contributed by atoms with E-state index < -0.39 is 40.4 Å². The predicted molar refractivity (Wildman–Crippen MR) is 159 cm³/mol. The summed E-state index contributed by atoms with van der Waals surface area (Å²) in [6, 6.07) is 25.6. The molecule has 0 bridgehead atoms. The van der Waals surface area contributed by atoms with Gasteiger partial charge in [0.05, 0.1) is 23.0 Å². The molecule has 11 heteroatoms. The first-order valence-corrected chi connectivity index (χ1v) is 15.7. The maximum atomic E-state index is 13.5. The van der Waals surface area contributed by atoms with Gasteiger partial charge in [0, 0.05) is 21.4 Å². The highest BCUT2D eigenvalue weighted by Crippen LogP contribution is 2.37. The molecule has 1 amide bonds.